The molecule has 0 aliphatic heterocycles. The smallest absolute Gasteiger partial charge is 0.338 e. The number of aliphatic hydroxyl groups excluding tert-OH is 1. The number of aliphatic hydroxyl groups is 1. The second-order valence-electron chi connectivity index (χ2n) is 5.59. The average molecular weight is 283 g/mol. The predicted octanol–water partition coefficient (Wildman–Crippen LogP) is 1.00. The van der Waals surface area contributed by atoms with Gasteiger partial charge in [-0.25, -0.2) is 4.79 Å². The Labute approximate surface area is 118 Å². The summed E-state index contributed by atoms with van der Waals surface area (Å²) in [6.45, 7) is 6.04. The Morgan fingerprint density at radius 2 is 1.95 bits per heavy atom. The summed E-state index contributed by atoms with van der Waals surface area (Å²) in [5.41, 5.74) is -0.0235. The van der Waals surface area contributed by atoms with Crippen LogP contribution in [0.3, 0.4) is 0 Å². The number of carbonyl (C=O) groups excluding carboxylic acids is 1. The SMILES string of the molecule is CC(C)(C)NCC(O)COC(=O)c1ccc(O)c(O)c1. The fourth-order valence-corrected chi connectivity index (χ4v) is 1.39. The van der Waals surface area contributed by atoms with E-state index in [1.165, 1.54) is 12.1 Å². The normalized spacial score (nSPS) is 13.0. The van der Waals surface area contributed by atoms with Gasteiger partial charge in [-0.05, 0) is 39.0 Å². The summed E-state index contributed by atoms with van der Waals surface area (Å²) < 4.78 is 4.93. The number of aromatic hydroxyl groups is 2. The highest BCUT2D eigenvalue weighted by molar-refractivity contribution is 5.90. The maximum atomic E-state index is 11.7. The van der Waals surface area contributed by atoms with Crippen LogP contribution in [-0.4, -0.2) is 46.1 Å². The second-order valence-corrected chi connectivity index (χ2v) is 5.59. The van der Waals surface area contributed by atoms with Crippen LogP contribution in [0.15, 0.2) is 18.2 Å². The number of benzene rings is 1. The molecule has 0 aliphatic carbocycles. The molecule has 1 aromatic carbocycles. The number of esters is 1. The maximum absolute atomic E-state index is 11.7. The molecule has 1 rings (SSSR count). The van der Waals surface area contributed by atoms with Gasteiger partial charge in [-0.15, -0.1) is 0 Å². The molecule has 0 amide bonds. The molecule has 0 bridgehead atoms. The summed E-state index contributed by atoms with van der Waals surface area (Å²) in [5, 5.41) is 31.2. The molecule has 0 saturated carbocycles. The molecule has 0 aromatic heterocycles. The zero-order chi connectivity index (χ0) is 15.3. The lowest BCUT2D eigenvalue weighted by Crippen LogP contribution is -2.42. The number of phenolic OH excluding ortho intramolecular Hbond substituents is 2. The fraction of sp³-hybridized carbons (Fsp3) is 0.500. The Morgan fingerprint density at radius 3 is 2.50 bits per heavy atom. The maximum Gasteiger partial charge on any atom is 0.338 e. The molecule has 6 heteroatoms. The fourth-order valence-electron chi connectivity index (χ4n) is 1.39. The zero-order valence-corrected chi connectivity index (χ0v) is 11.9. The molecule has 1 aromatic rings. The van der Waals surface area contributed by atoms with Crippen molar-refractivity contribution in [1.82, 2.24) is 5.32 Å². The third kappa shape index (κ3) is 5.46. The number of rotatable bonds is 5. The van der Waals surface area contributed by atoms with Gasteiger partial charge in [0, 0.05) is 12.1 Å². The van der Waals surface area contributed by atoms with Gasteiger partial charge in [0.15, 0.2) is 11.5 Å². The van der Waals surface area contributed by atoms with Crippen LogP contribution in [0, 0.1) is 0 Å². The summed E-state index contributed by atoms with van der Waals surface area (Å²) in [7, 11) is 0. The minimum Gasteiger partial charge on any atom is -0.504 e. The van der Waals surface area contributed by atoms with E-state index in [0.29, 0.717) is 6.54 Å². The van der Waals surface area contributed by atoms with Gasteiger partial charge < -0.3 is 25.4 Å². The van der Waals surface area contributed by atoms with Crippen molar-refractivity contribution >= 4 is 5.97 Å². The highest BCUT2D eigenvalue weighted by Crippen LogP contribution is 2.25. The lowest BCUT2D eigenvalue weighted by atomic mass is 10.1. The molecule has 1 unspecified atom stereocenters. The lowest BCUT2D eigenvalue weighted by molar-refractivity contribution is 0.0247. The summed E-state index contributed by atoms with van der Waals surface area (Å²) >= 11 is 0. The van der Waals surface area contributed by atoms with Crippen LogP contribution in [0.5, 0.6) is 11.5 Å². The Morgan fingerprint density at radius 1 is 1.30 bits per heavy atom. The number of hydrogen-bond donors (Lipinski definition) is 4. The molecule has 0 heterocycles. The number of carbonyl (C=O) groups is 1. The van der Waals surface area contributed by atoms with Crippen molar-refractivity contribution in [1.29, 1.82) is 0 Å². The lowest BCUT2D eigenvalue weighted by Gasteiger charge is -2.22. The van der Waals surface area contributed by atoms with E-state index in [4.69, 9.17) is 9.84 Å². The van der Waals surface area contributed by atoms with E-state index in [-0.39, 0.29) is 23.5 Å². The third-order valence-electron chi connectivity index (χ3n) is 2.49. The van der Waals surface area contributed by atoms with Gasteiger partial charge in [-0.1, -0.05) is 0 Å². The van der Waals surface area contributed by atoms with Gasteiger partial charge in [0.25, 0.3) is 0 Å². The first kappa shape index (κ1) is 16.3. The largest absolute Gasteiger partial charge is 0.504 e. The Bertz CT molecular complexity index is 467. The summed E-state index contributed by atoms with van der Waals surface area (Å²) in [6.07, 6.45) is -0.816. The van der Waals surface area contributed by atoms with E-state index >= 15 is 0 Å². The summed E-state index contributed by atoms with van der Waals surface area (Å²) in [4.78, 5) is 11.7. The van der Waals surface area contributed by atoms with Gasteiger partial charge in [-0.3, -0.25) is 0 Å². The Kier molecular flexibility index (Phi) is 5.35. The zero-order valence-electron chi connectivity index (χ0n) is 11.9. The summed E-state index contributed by atoms with van der Waals surface area (Å²) in [5.74, 6) is -1.37. The predicted molar refractivity (Wildman–Crippen MR) is 73.8 cm³/mol. The number of phenols is 2. The van der Waals surface area contributed by atoms with E-state index in [0.717, 1.165) is 6.07 Å². The molecule has 20 heavy (non-hydrogen) atoms. The number of hydrogen-bond acceptors (Lipinski definition) is 6. The van der Waals surface area contributed by atoms with Crippen molar-refractivity contribution in [3.63, 3.8) is 0 Å². The minimum atomic E-state index is -0.816. The van der Waals surface area contributed by atoms with Crippen LogP contribution >= 0.6 is 0 Å². The number of ether oxygens (including phenoxy) is 1. The van der Waals surface area contributed by atoms with E-state index in [1.54, 1.807) is 0 Å². The van der Waals surface area contributed by atoms with Crippen LogP contribution in [0.25, 0.3) is 0 Å². The van der Waals surface area contributed by atoms with Crippen molar-refractivity contribution in [3.05, 3.63) is 23.8 Å². The molecule has 0 aliphatic rings. The van der Waals surface area contributed by atoms with Crippen LogP contribution < -0.4 is 5.32 Å². The Hall–Kier alpha value is -1.79. The first-order valence-electron chi connectivity index (χ1n) is 6.31. The van der Waals surface area contributed by atoms with Crippen LogP contribution in [-0.2, 0) is 4.74 Å². The molecular formula is C14H21NO5. The molecule has 1 atom stereocenters. The van der Waals surface area contributed by atoms with Crippen LogP contribution in [0.1, 0.15) is 31.1 Å². The topological polar surface area (TPSA) is 99.0 Å². The molecule has 4 N–H and O–H groups in total. The van der Waals surface area contributed by atoms with Crippen molar-refractivity contribution in [2.24, 2.45) is 0 Å². The Balaban J connectivity index is 2.44. The number of β-amino-alcohol motifs (C(OH)–C–C–N with tert-alkyl or cyclic N) is 1. The minimum absolute atomic E-state index is 0.108. The molecule has 112 valence electrons. The first-order valence-corrected chi connectivity index (χ1v) is 6.31. The van der Waals surface area contributed by atoms with Gasteiger partial charge in [-0.2, -0.15) is 0 Å². The van der Waals surface area contributed by atoms with Crippen LogP contribution in [0.4, 0.5) is 0 Å². The quantitative estimate of drug-likeness (QED) is 0.475. The van der Waals surface area contributed by atoms with Crippen molar-refractivity contribution in [2.45, 2.75) is 32.4 Å². The van der Waals surface area contributed by atoms with Gasteiger partial charge in [0.2, 0.25) is 0 Å². The average Bonchev–Trinajstić information content (AvgIpc) is 2.36. The molecule has 0 radical (unpaired) electrons. The molecular weight excluding hydrogens is 262 g/mol. The summed E-state index contributed by atoms with van der Waals surface area (Å²) in [6, 6.07) is 3.64. The van der Waals surface area contributed by atoms with Gasteiger partial charge in [0.05, 0.1) is 5.56 Å². The highest BCUT2D eigenvalue weighted by Gasteiger charge is 2.15. The molecule has 0 fully saturated rings. The standard InChI is InChI=1S/C14H21NO5/c1-14(2,3)15-7-10(16)8-20-13(19)9-4-5-11(17)12(18)6-9/h4-6,10,15-18H,7-8H2,1-3H3. The first-order chi connectivity index (χ1) is 9.19. The van der Waals surface area contributed by atoms with E-state index < -0.39 is 17.8 Å². The molecule has 0 saturated heterocycles. The third-order valence-corrected chi connectivity index (χ3v) is 2.49. The highest BCUT2D eigenvalue weighted by atomic mass is 16.5. The van der Waals surface area contributed by atoms with Crippen molar-refractivity contribution in [3.8, 4) is 11.5 Å². The van der Waals surface area contributed by atoms with E-state index in [1.807, 2.05) is 20.8 Å². The van der Waals surface area contributed by atoms with E-state index in [2.05, 4.69) is 5.32 Å². The van der Waals surface area contributed by atoms with Gasteiger partial charge >= 0.3 is 5.97 Å². The molecule has 0 spiro atoms. The van der Waals surface area contributed by atoms with Crippen LogP contribution in [0.2, 0.25) is 0 Å². The van der Waals surface area contributed by atoms with E-state index in [9.17, 15) is 15.0 Å². The molecule has 6 nitrogen and oxygen atoms in total. The van der Waals surface area contributed by atoms with Crippen molar-refractivity contribution < 1.29 is 24.9 Å². The van der Waals surface area contributed by atoms with Gasteiger partial charge in [0.1, 0.15) is 12.7 Å². The second kappa shape index (κ2) is 6.58. The monoisotopic (exact) mass is 283 g/mol. The van der Waals surface area contributed by atoms with Crippen molar-refractivity contribution in [2.75, 3.05) is 13.2 Å². The number of nitrogens with one attached hydrogen (secondary N) is 1.